The average molecular weight is 391 g/mol. The van der Waals surface area contributed by atoms with Gasteiger partial charge < -0.3 is 14.6 Å². The van der Waals surface area contributed by atoms with Crippen molar-refractivity contribution in [2.75, 3.05) is 0 Å². The molecule has 24 heavy (non-hydrogen) atoms. The van der Waals surface area contributed by atoms with Crippen molar-refractivity contribution in [2.45, 2.75) is 51.8 Å². The number of hydrogen-bond acceptors (Lipinski definition) is 2. The minimum atomic E-state index is -0.480. The fraction of sp³-hybridized carbons (Fsp3) is 0.421. The summed E-state index contributed by atoms with van der Waals surface area (Å²) >= 11 is 3.48. The Kier molecular flexibility index (Phi) is 4.72. The number of carbonyl (C=O) groups excluding carboxylic acids is 1. The maximum atomic E-state index is 11.8. The summed E-state index contributed by atoms with van der Waals surface area (Å²) in [6, 6.07) is 11.1. The number of halogens is 1. The summed E-state index contributed by atoms with van der Waals surface area (Å²) in [6.07, 6.45) is 4.20. The second-order valence-corrected chi connectivity index (χ2v) is 8.15. The Hall–Kier alpha value is -1.75. The van der Waals surface area contributed by atoms with E-state index in [4.69, 9.17) is 4.74 Å². The lowest BCUT2D eigenvalue weighted by atomic mass is 10.1. The van der Waals surface area contributed by atoms with Crippen molar-refractivity contribution in [1.29, 1.82) is 0 Å². The van der Waals surface area contributed by atoms with E-state index >= 15 is 0 Å². The first-order valence-electron chi connectivity index (χ1n) is 8.25. The van der Waals surface area contributed by atoms with Gasteiger partial charge >= 0.3 is 6.09 Å². The number of alkyl carbamates (subject to hydrolysis) is 1. The number of benzene rings is 1. The standard InChI is InChI=1S/C19H23BrN2O2/c1-19(2,3)24-18(23)21-11-13-10-17(22(12-13)16-8-9-16)14-4-6-15(20)7-5-14/h4-7,10,12,16H,8-9,11H2,1-3H3,(H,21,23). The van der Waals surface area contributed by atoms with Crippen LogP contribution in [0.15, 0.2) is 41.0 Å². The first-order valence-corrected chi connectivity index (χ1v) is 9.05. The van der Waals surface area contributed by atoms with E-state index in [2.05, 4.69) is 62.3 Å². The van der Waals surface area contributed by atoms with Gasteiger partial charge in [0.25, 0.3) is 0 Å². The van der Waals surface area contributed by atoms with Gasteiger partial charge in [-0.15, -0.1) is 0 Å². The van der Waals surface area contributed by atoms with Crippen LogP contribution >= 0.6 is 15.9 Å². The van der Waals surface area contributed by atoms with E-state index in [9.17, 15) is 4.79 Å². The predicted molar refractivity (Wildman–Crippen MR) is 98.9 cm³/mol. The number of carbonyl (C=O) groups is 1. The van der Waals surface area contributed by atoms with Crippen molar-refractivity contribution in [3.05, 3.63) is 46.6 Å². The lowest BCUT2D eigenvalue weighted by molar-refractivity contribution is 0.0523. The molecule has 1 heterocycles. The maximum absolute atomic E-state index is 11.8. The van der Waals surface area contributed by atoms with Crippen LogP contribution in [-0.4, -0.2) is 16.3 Å². The van der Waals surface area contributed by atoms with Crippen molar-refractivity contribution in [3.63, 3.8) is 0 Å². The van der Waals surface area contributed by atoms with Gasteiger partial charge in [0.05, 0.1) is 0 Å². The van der Waals surface area contributed by atoms with Crippen LogP contribution in [0, 0.1) is 0 Å². The SMILES string of the molecule is CC(C)(C)OC(=O)NCc1cc(-c2ccc(Br)cc2)n(C2CC2)c1. The van der Waals surface area contributed by atoms with Gasteiger partial charge in [0.2, 0.25) is 0 Å². The molecule has 1 N–H and O–H groups in total. The zero-order valence-electron chi connectivity index (χ0n) is 14.3. The molecule has 1 aliphatic carbocycles. The fourth-order valence-corrected chi connectivity index (χ4v) is 2.89. The number of hydrogen-bond donors (Lipinski definition) is 1. The Labute approximate surface area is 151 Å². The number of rotatable bonds is 4. The summed E-state index contributed by atoms with van der Waals surface area (Å²) in [5.41, 5.74) is 3.00. The van der Waals surface area contributed by atoms with Crippen molar-refractivity contribution in [2.24, 2.45) is 0 Å². The summed E-state index contributed by atoms with van der Waals surface area (Å²) in [7, 11) is 0. The monoisotopic (exact) mass is 390 g/mol. The molecule has 1 saturated carbocycles. The molecule has 0 spiro atoms. The Morgan fingerprint density at radius 2 is 1.96 bits per heavy atom. The van der Waals surface area contributed by atoms with Crippen LogP contribution in [0.2, 0.25) is 0 Å². The minimum Gasteiger partial charge on any atom is -0.444 e. The van der Waals surface area contributed by atoms with Crippen molar-refractivity contribution < 1.29 is 9.53 Å². The number of nitrogens with zero attached hydrogens (tertiary/aromatic N) is 1. The van der Waals surface area contributed by atoms with Crippen LogP contribution in [0.25, 0.3) is 11.3 Å². The fourth-order valence-electron chi connectivity index (χ4n) is 2.63. The van der Waals surface area contributed by atoms with E-state index in [0.717, 1.165) is 10.0 Å². The molecular weight excluding hydrogens is 368 g/mol. The van der Waals surface area contributed by atoms with E-state index in [1.807, 2.05) is 20.8 Å². The van der Waals surface area contributed by atoms with E-state index < -0.39 is 5.60 Å². The number of aromatic nitrogens is 1. The highest BCUT2D eigenvalue weighted by molar-refractivity contribution is 9.10. The molecule has 4 nitrogen and oxygen atoms in total. The molecule has 0 bridgehead atoms. The summed E-state index contributed by atoms with van der Waals surface area (Å²) < 4.78 is 8.69. The van der Waals surface area contributed by atoms with E-state index in [-0.39, 0.29) is 6.09 Å². The minimum absolute atomic E-state index is 0.383. The highest BCUT2D eigenvalue weighted by Crippen LogP contribution is 2.39. The van der Waals surface area contributed by atoms with Crippen molar-refractivity contribution in [1.82, 2.24) is 9.88 Å². The molecule has 0 radical (unpaired) electrons. The first-order chi connectivity index (χ1) is 11.3. The molecule has 0 saturated heterocycles. The third kappa shape index (κ3) is 4.41. The number of amides is 1. The predicted octanol–water partition coefficient (Wildman–Crippen LogP) is 5.28. The molecule has 5 heteroatoms. The van der Waals surface area contributed by atoms with Gasteiger partial charge in [-0.05, 0) is 62.9 Å². The van der Waals surface area contributed by atoms with Crippen LogP contribution in [0.3, 0.4) is 0 Å². The normalized spacial score (nSPS) is 14.5. The van der Waals surface area contributed by atoms with Crippen molar-refractivity contribution >= 4 is 22.0 Å². The Balaban J connectivity index is 1.74. The third-order valence-electron chi connectivity index (χ3n) is 3.82. The highest BCUT2D eigenvalue weighted by atomic mass is 79.9. The molecule has 3 rings (SSSR count). The van der Waals surface area contributed by atoms with Crippen LogP contribution < -0.4 is 5.32 Å². The molecule has 2 aromatic rings. The molecule has 1 amide bonds. The van der Waals surface area contributed by atoms with E-state index in [1.165, 1.54) is 24.1 Å². The van der Waals surface area contributed by atoms with Crippen molar-refractivity contribution in [3.8, 4) is 11.3 Å². The zero-order valence-corrected chi connectivity index (χ0v) is 15.9. The lowest BCUT2D eigenvalue weighted by Crippen LogP contribution is -2.32. The molecule has 0 aliphatic heterocycles. The van der Waals surface area contributed by atoms with Gasteiger partial charge in [-0.2, -0.15) is 0 Å². The first kappa shape index (κ1) is 17.1. The molecule has 128 valence electrons. The summed E-state index contributed by atoms with van der Waals surface area (Å²) in [5, 5.41) is 2.83. The van der Waals surface area contributed by atoms with E-state index in [0.29, 0.717) is 12.6 Å². The Morgan fingerprint density at radius 1 is 1.29 bits per heavy atom. The average Bonchev–Trinajstić information content (AvgIpc) is 3.24. The third-order valence-corrected chi connectivity index (χ3v) is 4.35. The number of nitrogens with one attached hydrogen (secondary N) is 1. The van der Waals surface area contributed by atoms with Crippen LogP contribution in [0.4, 0.5) is 4.79 Å². The summed E-state index contributed by atoms with van der Waals surface area (Å²) in [4.78, 5) is 11.8. The van der Waals surface area contributed by atoms with Gasteiger partial charge in [-0.25, -0.2) is 4.79 Å². The highest BCUT2D eigenvalue weighted by Gasteiger charge is 2.26. The summed E-state index contributed by atoms with van der Waals surface area (Å²) in [6.45, 7) is 6.06. The van der Waals surface area contributed by atoms with Crippen LogP contribution in [-0.2, 0) is 11.3 Å². The molecule has 1 aromatic heterocycles. The molecule has 1 aliphatic rings. The molecule has 0 unspecified atom stereocenters. The Bertz CT molecular complexity index is 725. The second kappa shape index (κ2) is 6.63. The van der Waals surface area contributed by atoms with E-state index in [1.54, 1.807) is 0 Å². The smallest absolute Gasteiger partial charge is 0.407 e. The van der Waals surface area contributed by atoms with Gasteiger partial charge in [-0.1, -0.05) is 28.1 Å². The van der Waals surface area contributed by atoms with Gasteiger partial charge in [0.15, 0.2) is 0 Å². The van der Waals surface area contributed by atoms with Crippen LogP contribution in [0.5, 0.6) is 0 Å². The van der Waals surface area contributed by atoms with Gasteiger partial charge in [0.1, 0.15) is 5.60 Å². The molecule has 1 aromatic carbocycles. The molecule has 0 atom stereocenters. The maximum Gasteiger partial charge on any atom is 0.407 e. The quantitative estimate of drug-likeness (QED) is 0.771. The van der Waals surface area contributed by atoms with Gasteiger partial charge in [0, 0.05) is 29.0 Å². The van der Waals surface area contributed by atoms with Crippen LogP contribution in [0.1, 0.15) is 45.2 Å². The topological polar surface area (TPSA) is 43.3 Å². The van der Waals surface area contributed by atoms with Gasteiger partial charge in [-0.3, -0.25) is 0 Å². The summed E-state index contributed by atoms with van der Waals surface area (Å²) in [5.74, 6) is 0. The number of ether oxygens (including phenoxy) is 1. The second-order valence-electron chi connectivity index (χ2n) is 7.23. The zero-order chi connectivity index (χ0) is 17.3. The molecule has 1 fully saturated rings. The molecular formula is C19H23BrN2O2. The largest absolute Gasteiger partial charge is 0.444 e. The lowest BCUT2D eigenvalue weighted by Gasteiger charge is -2.19. The Morgan fingerprint density at radius 3 is 2.54 bits per heavy atom.